The number of carbonyl (C=O) groups excluding carboxylic acids is 1. The first-order valence-corrected chi connectivity index (χ1v) is 7.71. The molecule has 0 aromatic carbocycles. The normalized spacial score (nSPS) is 21.1. The van der Waals surface area contributed by atoms with Crippen LogP contribution in [0.25, 0.3) is 0 Å². The van der Waals surface area contributed by atoms with Crippen LogP contribution in [0.4, 0.5) is 0 Å². The lowest BCUT2D eigenvalue weighted by molar-refractivity contribution is 0.0391. The number of nitrogens with zero attached hydrogens (tertiary/aromatic N) is 2. The van der Waals surface area contributed by atoms with Gasteiger partial charge in [-0.25, -0.2) is 0 Å². The van der Waals surface area contributed by atoms with Gasteiger partial charge in [-0.2, -0.15) is 0 Å². The zero-order chi connectivity index (χ0) is 13.3. The maximum absolute atomic E-state index is 12.2. The summed E-state index contributed by atoms with van der Waals surface area (Å²) >= 11 is 4.91. The molecular formula is C13H19BrN2OS. The first-order valence-electron chi connectivity index (χ1n) is 6.10. The van der Waals surface area contributed by atoms with Crippen LogP contribution in [0.2, 0.25) is 0 Å². The second-order valence-corrected chi connectivity index (χ2v) is 7.93. The summed E-state index contributed by atoms with van der Waals surface area (Å²) in [6.45, 7) is 7.93. The van der Waals surface area contributed by atoms with E-state index in [9.17, 15) is 4.79 Å². The van der Waals surface area contributed by atoms with Crippen molar-refractivity contribution in [1.82, 2.24) is 9.80 Å². The molecule has 1 fully saturated rings. The van der Waals surface area contributed by atoms with Gasteiger partial charge in [-0.1, -0.05) is 0 Å². The molecule has 5 heteroatoms. The summed E-state index contributed by atoms with van der Waals surface area (Å²) in [6.07, 6.45) is 0. The molecule has 0 unspecified atom stereocenters. The van der Waals surface area contributed by atoms with Gasteiger partial charge in [-0.3, -0.25) is 14.6 Å². The third-order valence-electron chi connectivity index (χ3n) is 3.61. The van der Waals surface area contributed by atoms with Gasteiger partial charge in [0.05, 0.1) is 15.2 Å². The number of likely N-dealkylation sites (N-methyl/N-ethyl adjacent to an activating group) is 1. The summed E-state index contributed by atoms with van der Waals surface area (Å²) in [7, 11) is 2.15. The SMILES string of the molecule is CN1CCN(CC(=O)c2ccc(Br)s2)CC1(C)C. The van der Waals surface area contributed by atoms with Crippen LogP contribution in [0.15, 0.2) is 15.9 Å². The molecule has 0 radical (unpaired) electrons. The van der Waals surface area contributed by atoms with Crippen molar-refractivity contribution in [2.75, 3.05) is 33.2 Å². The maximum Gasteiger partial charge on any atom is 0.186 e. The van der Waals surface area contributed by atoms with E-state index in [-0.39, 0.29) is 11.3 Å². The van der Waals surface area contributed by atoms with Crippen molar-refractivity contribution >= 4 is 33.0 Å². The van der Waals surface area contributed by atoms with Gasteiger partial charge in [-0.15, -0.1) is 11.3 Å². The van der Waals surface area contributed by atoms with E-state index in [0.717, 1.165) is 28.3 Å². The van der Waals surface area contributed by atoms with Crippen molar-refractivity contribution in [1.29, 1.82) is 0 Å². The third kappa shape index (κ3) is 3.20. The van der Waals surface area contributed by atoms with Gasteiger partial charge in [0.15, 0.2) is 5.78 Å². The van der Waals surface area contributed by atoms with Crippen LogP contribution in [-0.2, 0) is 0 Å². The Bertz CT molecular complexity index is 444. The number of hydrogen-bond donors (Lipinski definition) is 0. The van der Waals surface area contributed by atoms with Gasteiger partial charge in [0.25, 0.3) is 0 Å². The smallest absolute Gasteiger partial charge is 0.186 e. The van der Waals surface area contributed by atoms with Gasteiger partial charge < -0.3 is 0 Å². The molecule has 2 heterocycles. The molecule has 3 nitrogen and oxygen atoms in total. The number of Topliss-reactive ketones (excluding diaryl/α,β-unsaturated/α-hetero) is 1. The summed E-state index contributed by atoms with van der Waals surface area (Å²) in [6, 6.07) is 3.84. The highest BCUT2D eigenvalue weighted by Gasteiger charge is 2.31. The molecule has 2 rings (SSSR count). The Kier molecular flexibility index (Phi) is 4.26. The number of ketones is 1. The van der Waals surface area contributed by atoms with Gasteiger partial charge in [0.2, 0.25) is 0 Å². The number of halogens is 1. The van der Waals surface area contributed by atoms with Crippen molar-refractivity contribution in [2.24, 2.45) is 0 Å². The number of thiophene rings is 1. The Morgan fingerprint density at radius 1 is 1.44 bits per heavy atom. The zero-order valence-corrected chi connectivity index (χ0v) is 13.5. The van der Waals surface area contributed by atoms with Crippen LogP contribution in [0.3, 0.4) is 0 Å². The third-order valence-corrected chi connectivity index (χ3v) is 5.28. The van der Waals surface area contributed by atoms with Crippen molar-refractivity contribution in [3.63, 3.8) is 0 Å². The summed E-state index contributed by atoms with van der Waals surface area (Å²) < 4.78 is 1.02. The van der Waals surface area contributed by atoms with Crippen molar-refractivity contribution in [2.45, 2.75) is 19.4 Å². The molecule has 18 heavy (non-hydrogen) atoms. The van der Waals surface area contributed by atoms with Crippen LogP contribution in [0, 0.1) is 0 Å². The molecule has 1 aliphatic heterocycles. The monoisotopic (exact) mass is 330 g/mol. The first kappa shape index (κ1) is 14.2. The molecule has 1 saturated heterocycles. The Labute approximate surface area is 121 Å². The predicted octanol–water partition coefficient (Wildman–Crippen LogP) is 2.72. The molecule has 100 valence electrons. The van der Waals surface area contributed by atoms with E-state index < -0.39 is 0 Å². The number of hydrogen-bond acceptors (Lipinski definition) is 4. The van der Waals surface area contributed by atoms with Gasteiger partial charge in [0, 0.05) is 25.2 Å². The van der Waals surface area contributed by atoms with Crippen LogP contribution in [0.5, 0.6) is 0 Å². The maximum atomic E-state index is 12.2. The van der Waals surface area contributed by atoms with E-state index in [4.69, 9.17) is 0 Å². The highest BCUT2D eigenvalue weighted by atomic mass is 79.9. The molecule has 0 amide bonds. The molecule has 1 aromatic heterocycles. The Balaban J connectivity index is 1.96. The quantitative estimate of drug-likeness (QED) is 0.796. The lowest BCUT2D eigenvalue weighted by atomic mass is 9.99. The summed E-state index contributed by atoms with van der Waals surface area (Å²) in [5, 5.41) is 0. The topological polar surface area (TPSA) is 23.6 Å². The Morgan fingerprint density at radius 2 is 2.17 bits per heavy atom. The van der Waals surface area contributed by atoms with Crippen molar-refractivity contribution < 1.29 is 4.79 Å². The van der Waals surface area contributed by atoms with Crippen molar-refractivity contribution in [3.8, 4) is 0 Å². The second kappa shape index (κ2) is 5.41. The average Bonchev–Trinajstić information content (AvgIpc) is 2.70. The highest BCUT2D eigenvalue weighted by molar-refractivity contribution is 9.11. The molecule has 0 spiro atoms. The van der Waals surface area contributed by atoms with Crippen molar-refractivity contribution in [3.05, 3.63) is 20.8 Å². The minimum atomic E-state index is 0.147. The van der Waals surface area contributed by atoms with Crippen LogP contribution < -0.4 is 0 Å². The first-order chi connectivity index (χ1) is 8.38. The molecule has 1 aliphatic rings. The molecule has 0 aliphatic carbocycles. The fourth-order valence-corrected chi connectivity index (χ4v) is 3.54. The van der Waals surface area contributed by atoms with Crippen LogP contribution >= 0.6 is 27.3 Å². The van der Waals surface area contributed by atoms with E-state index in [1.165, 1.54) is 11.3 Å². The lowest BCUT2D eigenvalue weighted by Crippen LogP contribution is -2.58. The van der Waals surface area contributed by atoms with E-state index in [1.807, 2.05) is 12.1 Å². The minimum Gasteiger partial charge on any atom is -0.299 e. The zero-order valence-electron chi connectivity index (χ0n) is 11.1. The highest BCUT2D eigenvalue weighted by Crippen LogP contribution is 2.24. The van der Waals surface area contributed by atoms with E-state index >= 15 is 0 Å². The van der Waals surface area contributed by atoms with E-state index in [1.54, 1.807) is 0 Å². The number of carbonyl (C=O) groups is 1. The molecule has 0 N–H and O–H groups in total. The second-order valence-electron chi connectivity index (χ2n) is 5.47. The fourth-order valence-electron chi connectivity index (χ4n) is 2.22. The summed E-state index contributed by atoms with van der Waals surface area (Å²) in [5.74, 6) is 0.228. The van der Waals surface area contributed by atoms with E-state index in [0.29, 0.717) is 6.54 Å². The number of rotatable bonds is 3. The Hall–Kier alpha value is -0.230. The standard InChI is InChI=1S/C13H19BrN2OS/c1-13(2)9-16(7-6-15(13)3)8-10(17)11-4-5-12(14)18-11/h4-5H,6-9H2,1-3H3. The number of piperazine rings is 1. The summed E-state index contributed by atoms with van der Waals surface area (Å²) in [5.41, 5.74) is 0.147. The van der Waals surface area contributed by atoms with Gasteiger partial charge >= 0.3 is 0 Å². The lowest BCUT2D eigenvalue weighted by Gasteiger charge is -2.45. The average molecular weight is 331 g/mol. The predicted molar refractivity (Wildman–Crippen MR) is 79.5 cm³/mol. The summed E-state index contributed by atoms with van der Waals surface area (Å²) in [4.78, 5) is 17.6. The molecule has 0 bridgehead atoms. The van der Waals surface area contributed by atoms with E-state index in [2.05, 4.69) is 46.6 Å². The molecular weight excluding hydrogens is 312 g/mol. The fraction of sp³-hybridized carbons (Fsp3) is 0.615. The molecule has 0 saturated carbocycles. The van der Waals surface area contributed by atoms with Gasteiger partial charge in [0.1, 0.15) is 0 Å². The molecule has 1 aromatic rings. The van der Waals surface area contributed by atoms with Crippen LogP contribution in [0.1, 0.15) is 23.5 Å². The largest absolute Gasteiger partial charge is 0.299 e. The Morgan fingerprint density at radius 3 is 2.72 bits per heavy atom. The van der Waals surface area contributed by atoms with Crippen LogP contribution in [-0.4, -0.2) is 54.3 Å². The minimum absolute atomic E-state index is 0.147. The van der Waals surface area contributed by atoms with Gasteiger partial charge in [-0.05, 0) is 49.0 Å². The molecule has 0 atom stereocenters.